The van der Waals surface area contributed by atoms with Gasteiger partial charge in [0, 0.05) is 23.8 Å². The summed E-state index contributed by atoms with van der Waals surface area (Å²) < 4.78 is 38.5. The number of hydrogen-bond acceptors (Lipinski definition) is 3. The maximum Gasteiger partial charge on any atom is 0.391 e. The number of aliphatic hydroxyl groups excluding tert-OH is 1. The molecule has 1 amide bonds. The van der Waals surface area contributed by atoms with Crippen LogP contribution in [0.2, 0.25) is 0 Å². The summed E-state index contributed by atoms with van der Waals surface area (Å²) in [6.07, 6.45) is -2.67. The maximum atomic E-state index is 12.8. The van der Waals surface area contributed by atoms with E-state index in [1.807, 2.05) is 0 Å². The molecule has 128 valence electrons. The number of hydrogen-bond donors (Lipinski definition) is 3. The third kappa shape index (κ3) is 5.13. The Morgan fingerprint density at radius 3 is 2.78 bits per heavy atom. The fourth-order valence-electron chi connectivity index (χ4n) is 2.88. The molecule has 0 bridgehead atoms. The first kappa shape index (κ1) is 17.6. The van der Waals surface area contributed by atoms with Crippen LogP contribution in [-0.2, 0) is 0 Å². The molecule has 1 aliphatic rings. The SMILES string of the molecule is O=C(NCCO)c1cccc(NC2CCCC(C(F)(F)F)C2)c1. The summed E-state index contributed by atoms with van der Waals surface area (Å²) in [6.45, 7) is 0.0109. The number of benzene rings is 1. The molecular weight excluding hydrogens is 309 g/mol. The summed E-state index contributed by atoms with van der Waals surface area (Å²) in [5.74, 6) is -1.58. The van der Waals surface area contributed by atoms with Crippen LogP contribution in [0.25, 0.3) is 0 Å². The second-order valence-electron chi connectivity index (χ2n) is 5.81. The second-order valence-corrected chi connectivity index (χ2v) is 5.81. The van der Waals surface area contributed by atoms with Gasteiger partial charge < -0.3 is 15.7 Å². The van der Waals surface area contributed by atoms with E-state index in [0.717, 1.165) is 0 Å². The van der Waals surface area contributed by atoms with E-state index in [4.69, 9.17) is 5.11 Å². The molecule has 0 saturated heterocycles. The maximum absolute atomic E-state index is 12.8. The molecule has 4 nitrogen and oxygen atoms in total. The lowest BCUT2D eigenvalue weighted by atomic mass is 9.85. The molecule has 23 heavy (non-hydrogen) atoms. The number of nitrogens with one attached hydrogen (secondary N) is 2. The largest absolute Gasteiger partial charge is 0.395 e. The Kier molecular flexibility index (Phi) is 5.87. The van der Waals surface area contributed by atoms with Crippen molar-refractivity contribution in [3.8, 4) is 0 Å². The van der Waals surface area contributed by atoms with E-state index in [0.29, 0.717) is 24.1 Å². The lowest BCUT2D eigenvalue weighted by molar-refractivity contribution is -0.182. The van der Waals surface area contributed by atoms with Crippen LogP contribution in [-0.4, -0.2) is 36.4 Å². The first-order valence-corrected chi connectivity index (χ1v) is 7.72. The lowest BCUT2D eigenvalue weighted by Gasteiger charge is -2.31. The van der Waals surface area contributed by atoms with Crippen molar-refractivity contribution in [3.63, 3.8) is 0 Å². The van der Waals surface area contributed by atoms with Gasteiger partial charge in [0.2, 0.25) is 0 Å². The van der Waals surface area contributed by atoms with Gasteiger partial charge in [0.25, 0.3) is 5.91 Å². The molecule has 1 aromatic rings. The highest BCUT2D eigenvalue weighted by Crippen LogP contribution is 2.38. The second kappa shape index (κ2) is 7.68. The number of carbonyl (C=O) groups excluding carboxylic acids is 1. The normalized spacial score (nSPS) is 21.7. The Balaban J connectivity index is 1.98. The minimum Gasteiger partial charge on any atom is -0.395 e. The van der Waals surface area contributed by atoms with Crippen LogP contribution in [0.4, 0.5) is 18.9 Å². The summed E-state index contributed by atoms with van der Waals surface area (Å²) in [5, 5.41) is 14.4. The number of alkyl halides is 3. The number of halogens is 3. The van der Waals surface area contributed by atoms with Crippen LogP contribution < -0.4 is 10.6 Å². The van der Waals surface area contributed by atoms with Crippen LogP contribution in [0, 0.1) is 5.92 Å². The molecule has 0 radical (unpaired) electrons. The van der Waals surface area contributed by atoms with Crippen molar-refractivity contribution in [1.29, 1.82) is 0 Å². The van der Waals surface area contributed by atoms with E-state index in [2.05, 4.69) is 10.6 Å². The zero-order chi connectivity index (χ0) is 16.9. The van der Waals surface area contributed by atoms with Crippen LogP contribution in [0.5, 0.6) is 0 Å². The molecule has 3 N–H and O–H groups in total. The van der Waals surface area contributed by atoms with Gasteiger partial charge in [-0.3, -0.25) is 4.79 Å². The predicted molar refractivity (Wildman–Crippen MR) is 81.3 cm³/mol. The van der Waals surface area contributed by atoms with E-state index in [-0.39, 0.29) is 37.9 Å². The molecule has 7 heteroatoms. The highest BCUT2D eigenvalue weighted by molar-refractivity contribution is 5.95. The molecule has 1 saturated carbocycles. The highest BCUT2D eigenvalue weighted by Gasteiger charge is 2.42. The number of aliphatic hydroxyl groups is 1. The molecule has 0 heterocycles. The van der Waals surface area contributed by atoms with E-state index < -0.39 is 12.1 Å². The van der Waals surface area contributed by atoms with Gasteiger partial charge >= 0.3 is 6.18 Å². The van der Waals surface area contributed by atoms with Gasteiger partial charge in [-0.15, -0.1) is 0 Å². The van der Waals surface area contributed by atoms with Crippen LogP contribution >= 0.6 is 0 Å². The third-order valence-corrected chi connectivity index (χ3v) is 4.03. The number of amides is 1. The minimum absolute atomic E-state index is 0.0600. The summed E-state index contributed by atoms with van der Waals surface area (Å²) in [7, 11) is 0. The van der Waals surface area contributed by atoms with Gasteiger partial charge in [-0.2, -0.15) is 13.2 Å². The van der Waals surface area contributed by atoms with Crippen molar-refractivity contribution < 1.29 is 23.1 Å². The zero-order valence-electron chi connectivity index (χ0n) is 12.7. The monoisotopic (exact) mass is 330 g/mol. The van der Waals surface area contributed by atoms with Crippen LogP contribution in [0.1, 0.15) is 36.0 Å². The average Bonchev–Trinajstić information content (AvgIpc) is 2.52. The van der Waals surface area contributed by atoms with E-state index >= 15 is 0 Å². The topological polar surface area (TPSA) is 61.4 Å². The molecule has 1 fully saturated rings. The summed E-state index contributed by atoms with van der Waals surface area (Å²) in [5.41, 5.74) is 1.04. The van der Waals surface area contributed by atoms with E-state index in [9.17, 15) is 18.0 Å². The molecule has 2 atom stereocenters. The van der Waals surface area contributed by atoms with Crippen molar-refractivity contribution in [2.24, 2.45) is 5.92 Å². The minimum atomic E-state index is -4.15. The van der Waals surface area contributed by atoms with Crippen LogP contribution in [0.15, 0.2) is 24.3 Å². The molecule has 0 aromatic heterocycles. The molecule has 1 aliphatic carbocycles. The molecule has 2 rings (SSSR count). The summed E-state index contributed by atoms with van der Waals surface area (Å²) in [6, 6.07) is 6.41. The Morgan fingerprint density at radius 2 is 2.09 bits per heavy atom. The van der Waals surface area contributed by atoms with Gasteiger partial charge in [-0.05, 0) is 37.5 Å². The van der Waals surface area contributed by atoms with Gasteiger partial charge in [0.1, 0.15) is 0 Å². The first-order chi connectivity index (χ1) is 10.9. The Labute approximate surface area is 133 Å². The summed E-state index contributed by atoms with van der Waals surface area (Å²) >= 11 is 0. The summed E-state index contributed by atoms with van der Waals surface area (Å²) in [4.78, 5) is 11.8. The molecule has 1 aromatic carbocycles. The average molecular weight is 330 g/mol. The number of rotatable bonds is 5. The van der Waals surface area contributed by atoms with E-state index in [1.165, 1.54) is 0 Å². The van der Waals surface area contributed by atoms with Gasteiger partial charge in [-0.25, -0.2) is 0 Å². The third-order valence-electron chi connectivity index (χ3n) is 4.03. The molecule has 2 unspecified atom stereocenters. The van der Waals surface area contributed by atoms with E-state index in [1.54, 1.807) is 24.3 Å². The zero-order valence-corrected chi connectivity index (χ0v) is 12.7. The predicted octanol–water partition coefficient (Wildman–Crippen LogP) is 2.94. The van der Waals surface area contributed by atoms with Crippen molar-refractivity contribution >= 4 is 11.6 Å². The fourth-order valence-corrected chi connectivity index (χ4v) is 2.88. The lowest BCUT2D eigenvalue weighted by Crippen LogP contribution is -2.34. The Hall–Kier alpha value is -1.76. The number of anilines is 1. The fraction of sp³-hybridized carbons (Fsp3) is 0.562. The molecular formula is C16H21F3N2O2. The number of carbonyl (C=O) groups is 1. The first-order valence-electron chi connectivity index (χ1n) is 7.72. The van der Waals surface area contributed by atoms with Gasteiger partial charge in [0.15, 0.2) is 0 Å². The van der Waals surface area contributed by atoms with Crippen molar-refractivity contribution in [2.75, 3.05) is 18.5 Å². The van der Waals surface area contributed by atoms with Crippen LogP contribution in [0.3, 0.4) is 0 Å². The van der Waals surface area contributed by atoms with Gasteiger partial charge in [0.05, 0.1) is 12.5 Å². The van der Waals surface area contributed by atoms with Crippen molar-refractivity contribution in [1.82, 2.24) is 5.32 Å². The molecule has 0 spiro atoms. The highest BCUT2D eigenvalue weighted by atomic mass is 19.4. The Bertz CT molecular complexity index is 534. The van der Waals surface area contributed by atoms with Crippen molar-refractivity contribution in [3.05, 3.63) is 29.8 Å². The molecule has 0 aliphatic heterocycles. The standard InChI is InChI=1S/C16H21F3N2O2/c17-16(18,19)12-4-2-6-14(10-12)21-13-5-1-3-11(9-13)15(23)20-7-8-22/h1,3,5,9,12,14,21-22H,2,4,6-8,10H2,(H,20,23). The smallest absolute Gasteiger partial charge is 0.391 e. The van der Waals surface area contributed by atoms with Gasteiger partial charge in [-0.1, -0.05) is 12.5 Å². The Morgan fingerprint density at radius 1 is 1.30 bits per heavy atom. The van der Waals surface area contributed by atoms with Crippen molar-refractivity contribution in [2.45, 2.75) is 37.9 Å². The quantitative estimate of drug-likeness (QED) is 0.778.